The topological polar surface area (TPSA) is 49.9 Å². The molecule has 0 spiro atoms. The Labute approximate surface area is 188 Å². The average molecular weight is 445 g/mol. The van der Waals surface area contributed by atoms with Gasteiger partial charge in [-0.05, 0) is 74.9 Å². The number of halogens is 2. The summed E-state index contributed by atoms with van der Waals surface area (Å²) in [5.41, 5.74) is 1.43. The Hall–Kier alpha value is -2.96. The first-order valence-electron chi connectivity index (χ1n) is 10.7. The largest absolute Gasteiger partial charge is 0.444 e. The van der Waals surface area contributed by atoms with E-state index in [2.05, 4.69) is 0 Å². The molecule has 172 valence electrons. The Balaban J connectivity index is 1.86. The van der Waals surface area contributed by atoms with Gasteiger partial charge in [-0.1, -0.05) is 12.1 Å². The van der Waals surface area contributed by atoms with Crippen molar-refractivity contribution in [3.63, 3.8) is 0 Å². The van der Waals surface area contributed by atoms with Crippen LogP contribution in [-0.4, -0.2) is 42.6 Å². The number of rotatable bonds is 6. The van der Waals surface area contributed by atoms with Crippen molar-refractivity contribution in [1.29, 1.82) is 0 Å². The number of amides is 2. The fourth-order valence-corrected chi connectivity index (χ4v) is 3.54. The molecule has 3 rings (SSSR count). The lowest BCUT2D eigenvalue weighted by atomic mass is 10.0. The summed E-state index contributed by atoms with van der Waals surface area (Å²) in [5, 5.41) is 0. The Bertz CT molecular complexity index is 961. The summed E-state index contributed by atoms with van der Waals surface area (Å²) in [4.78, 5) is 28.8. The molecule has 0 saturated heterocycles. The lowest BCUT2D eigenvalue weighted by Gasteiger charge is -2.32. The summed E-state index contributed by atoms with van der Waals surface area (Å²) in [5.74, 6) is -1.27. The van der Waals surface area contributed by atoms with Gasteiger partial charge in [0, 0.05) is 32.3 Å². The first kappa shape index (κ1) is 23.7. The second kappa shape index (κ2) is 9.27. The number of benzene rings is 2. The zero-order chi connectivity index (χ0) is 23.6. The summed E-state index contributed by atoms with van der Waals surface area (Å²) in [6.07, 6.45) is 1.61. The van der Waals surface area contributed by atoms with Gasteiger partial charge in [0.25, 0.3) is 0 Å². The van der Waals surface area contributed by atoms with Gasteiger partial charge in [0.15, 0.2) is 0 Å². The number of carbonyl (C=O) groups excluding carboxylic acids is 2. The Kier molecular flexibility index (Phi) is 6.86. The van der Waals surface area contributed by atoms with Crippen molar-refractivity contribution < 1.29 is 23.1 Å². The third kappa shape index (κ3) is 6.05. The fraction of sp³-hybridized carbons (Fsp3) is 0.440. The minimum Gasteiger partial charge on any atom is -0.444 e. The zero-order valence-electron chi connectivity index (χ0n) is 19.2. The van der Waals surface area contributed by atoms with Crippen molar-refractivity contribution in [1.82, 2.24) is 4.90 Å². The number of hydrogen-bond acceptors (Lipinski definition) is 3. The van der Waals surface area contributed by atoms with E-state index in [1.54, 1.807) is 27.8 Å². The molecule has 1 aliphatic carbocycles. The molecular weight excluding hydrogens is 414 g/mol. The van der Waals surface area contributed by atoms with Gasteiger partial charge in [0.2, 0.25) is 5.91 Å². The monoisotopic (exact) mass is 444 g/mol. The fourth-order valence-electron chi connectivity index (χ4n) is 3.54. The number of ether oxygens (including phenoxy) is 1. The van der Waals surface area contributed by atoms with E-state index >= 15 is 0 Å². The van der Waals surface area contributed by atoms with Gasteiger partial charge in [-0.3, -0.25) is 9.69 Å². The van der Waals surface area contributed by atoms with Gasteiger partial charge in [-0.15, -0.1) is 0 Å². The molecule has 0 heterocycles. The minimum atomic E-state index is -1.01. The lowest BCUT2D eigenvalue weighted by Crippen LogP contribution is -2.50. The smallest absolute Gasteiger partial charge is 0.410 e. The summed E-state index contributed by atoms with van der Waals surface area (Å²) < 4.78 is 32.9. The second-order valence-electron chi connectivity index (χ2n) is 9.35. The first-order valence-corrected chi connectivity index (χ1v) is 10.7. The third-order valence-corrected chi connectivity index (χ3v) is 5.45. The summed E-state index contributed by atoms with van der Waals surface area (Å²) in [6.45, 7) is 5.18. The highest BCUT2D eigenvalue weighted by Crippen LogP contribution is 2.40. The molecule has 0 radical (unpaired) electrons. The molecule has 1 atom stereocenters. The standard InChI is InChI=1S/C25H30F2N2O3/c1-25(2,3)32-24(31)29(5)22(14-16-12-19(26)15-20(27)13-16)23(30)28(4)21-10-8-18(9-11-21)17-6-7-17/h8-13,15,17,22H,6-7,14H2,1-5H3. The summed E-state index contributed by atoms with van der Waals surface area (Å²) in [7, 11) is 3.08. The van der Waals surface area contributed by atoms with Crippen LogP contribution in [0.4, 0.5) is 19.3 Å². The average Bonchev–Trinajstić information content (AvgIpc) is 3.54. The maximum absolute atomic E-state index is 13.8. The van der Waals surface area contributed by atoms with Crippen LogP contribution in [0.5, 0.6) is 0 Å². The maximum Gasteiger partial charge on any atom is 0.410 e. The van der Waals surface area contributed by atoms with Crippen molar-refractivity contribution in [2.75, 3.05) is 19.0 Å². The number of nitrogens with zero attached hydrogens (tertiary/aromatic N) is 2. The van der Waals surface area contributed by atoms with Crippen molar-refractivity contribution >= 4 is 17.7 Å². The predicted octanol–water partition coefficient (Wildman–Crippen LogP) is 5.28. The first-order chi connectivity index (χ1) is 14.9. The van der Waals surface area contributed by atoms with Gasteiger partial charge in [-0.25, -0.2) is 13.6 Å². The number of carbonyl (C=O) groups is 2. The Morgan fingerprint density at radius 2 is 1.59 bits per heavy atom. The van der Waals surface area contributed by atoms with E-state index in [1.807, 2.05) is 24.3 Å². The normalized spacial score (nSPS) is 14.6. The summed E-state index contributed by atoms with van der Waals surface area (Å²) in [6, 6.07) is 9.84. The van der Waals surface area contributed by atoms with Crippen molar-refractivity contribution in [3.8, 4) is 0 Å². The highest BCUT2D eigenvalue weighted by Gasteiger charge is 2.33. The molecule has 2 aromatic rings. The van der Waals surface area contributed by atoms with Crippen molar-refractivity contribution in [3.05, 3.63) is 65.2 Å². The Morgan fingerprint density at radius 3 is 2.09 bits per heavy atom. The number of hydrogen-bond donors (Lipinski definition) is 0. The molecule has 32 heavy (non-hydrogen) atoms. The van der Waals surface area contributed by atoms with E-state index in [9.17, 15) is 18.4 Å². The van der Waals surface area contributed by atoms with Crippen LogP contribution >= 0.6 is 0 Å². The van der Waals surface area contributed by atoms with Crippen LogP contribution in [0.15, 0.2) is 42.5 Å². The van der Waals surface area contributed by atoms with Gasteiger partial charge in [0.1, 0.15) is 23.3 Å². The van der Waals surface area contributed by atoms with Gasteiger partial charge in [0.05, 0.1) is 0 Å². The molecule has 2 aromatic carbocycles. The third-order valence-electron chi connectivity index (χ3n) is 5.45. The molecule has 2 amide bonds. The SMILES string of the molecule is CN(C(=O)C(Cc1cc(F)cc(F)c1)N(C)C(=O)OC(C)(C)C)c1ccc(C2CC2)cc1. The molecule has 1 unspecified atom stereocenters. The molecule has 1 fully saturated rings. The van der Waals surface area contributed by atoms with Crippen LogP contribution in [0.25, 0.3) is 0 Å². The highest BCUT2D eigenvalue weighted by atomic mass is 19.1. The van der Waals surface area contributed by atoms with Crippen molar-refractivity contribution in [2.24, 2.45) is 0 Å². The van der Waals surface area contributed by atoms with E-state index in [0.717, 1.165) is 18.2 Å². The molecule has 1 aliphatic rings. The molecule has 1 saturated carbocycles. The maximum atomic E-state index is 13.8. The second-order valence-corrected chi connectivity index (χ2v) is 9.35. The van der Waals surface area contributed by atoms with Crippen LogP contribution in [0.1, 0.15) is 50.7 Å². The quantitative estimate of drug-likeness (QED) is 0.609. The van der Waals surface area contributed by atoms with Crippen LogP contribution in [0.2, 0.25) is 0 Å². The molecular formula is C25H30F2N2O3. The van der Waals surface area contributed by atoms with Crippen LogP contribution in [0.3, 0.4) is 0 Å². The van der Waals surface area contributed by atoms with Crippen LogP contribution in [0, 0.1) is 11.6 Å². The molecule has 5 nitrogen and oxygen atoms in total. The molecule has 0 aliphatic heterocycles. The molecule has 7 heteroatoms. The Morgan fingerprint density at radius 1 is 1.03 bits per heavy atom. The molecule has 0 bridgehead atoms. The predicted molar refractivity (Wildman–Crippen MR) is 120 cm³/mol. The van der Waals surface area contributed by atoms with Crippen molar-refractivity contribution in [2.45, 2.75) is 57.6 Å². The zero-order valence-corrected chi connectivity index (χ0v) is 19.2. The van der Waals surface area contributed by atoms with E-state index < -0.39 is 29.4 Å². The lowest BCUT2D eigenvalue weighted by molar-refractivity contribution is -0.123. The van der Waals surface area contributed by atoms with E-state index in [-0.39, 0.29) is 17.9 Å². The van der Waals surface area contributed by atoms with E-state index in [1.165, 1.54) is 35.3 Å². The number of likely N-dealkylation sites (N-methyl/N-ethyl adjacent to an activating group) is 2. The highest BCUT2D eigenvalue weighted by molar-refractivity contribution is 5.98. The van der Waals surface area contributed by atoms with Gasteiger partial charge in [-0.2, -0.15) is 0 Å². The van der Waals surface area contributed by atoms with Gasteiger partial charge < -0.3 is 9.64 Å². The van der Waals surface area contributed by atoms with E-state index in [0.29, 0.717) is 11.6 Å². The summed E-state index contributed by atoms with van der Waals surface area (Å²) >= 11 is 0. The van der Waals surface area contributed by atoms with Crippen LogP contribution in [-0.2, 0) is 16.0 Å². The molecule has 0 N–H and O–H groups in total. The number of anilines is 1. The van der Waals surface area contributed by atoms with Gasteiger partial charge >= 0.3 is 6.09 Å². The van der Waals surface area contributed by atoms with Crippen LogP contribution < -0.4 is 4.90 Å². The minimum absolute atomic E-state index is 0.0618. The van der Waals surface area contributed by atoms with E-state index in [4.69, 9.17) is 4.74 Å². The molecule has 0 aromatic heterocycles.